The molecule has 11 heteroatoms. The molecule has 1 aromatic heterocycles. The lowest BCUT2D eigenvalue weighted by molar-refractivity contribution is 0.0935. The summed E-state index contributed by atoms with van der Waals surface area (Å²) in [6.07, 6.45) is 1.27. The summed E-state index contributed by atoms with van der Waals surface area (Å²) in [5.41, 5.74) is 1.23. The number of rotatable bonds is 8. The number of halogens is 2. The summed E-state index contributed by atoms with van der Waals surface area (Å²) >= 11 is 3.16. The van der Waals surface area contributed by atoms with Crippen molar-refractivity contribution in [2.45, 2.75) is 0 Å². The molecule has 0 saturated heterocycles. The molecule has 0 aliphatic rings. The van der Waals surface area contributed by atoms with Crippen molar-refractivity contribution in [1.29, 1.82) is 0 Å². The van der Waals surface area contributed by atoms with Gasteiger partial charge in [-0.25, -0.2) is 9.37 Å². The number of nitrogens with one attached hydrogen (secondary N) is 5. The van der Waals surface area contributed by atoms with E-state index in [-0.39, 0.29) is 17.0 Å². The Hall–Kier alpha value is -3.57. The van der Waals surface area contributed by atoms with E-state index in [0.29, 0.717) is 28.9 Å². The number of aromatic nitrogens is 2. The van der Waals surface area contributed by atoms with Crippen LogP contribution in [0.4, 0.5) is 15.8 Å². The molecule has 0 aliphatic carbocycles. The van der Waals surface area contributed by atoms with E-state index in [1.54, 1.807) is 31.3 Å². The van der Waals surface area contributed by atoms with Crippen LogP contribution in [0.1, 0.15) is 31.3 Å². The van der Waals surface area contributed by atoms with Gasteiger partial charge in [-0.15, -0.1) is 0 Å². The number of carbonyl (C=O) groups is 3. The maximum absolute atomic E-state index is 13.2. The zero-order valence-corrected chi connectivity index (χ0v) is 18.5. The molecule has 1 heterocycles. The summed E-state index contributed by atoms with van der Waals surface area (Å²) in [5, 5.41) is 10.9. The van der Waals surface area contributed by atoms with E-state index in [9.17, 15) is 18.8 Å². The highest BCUT2D eigenvalue weighted by Crippen LogP contribution is 2.21. The molecule has 2 aromatic carbocycles. The molecule has 3 rings (SSSR count). The molecule has 3 amide bonds. The maximum atomic E-state index is 13.2. The summed E-state index contributed by atoms with van der Waals surface area (Å²) in [6, 6.07) is 10.2. The van der Waals surface area contributed by atoms with Crippen LogP contribution in [0, 0.1) is 5.82 Å². The lowest BCUT2D eigenvalue weighted by Crippen LogP contribution is -2.32. The van der Waals surface area contributed by atoms with Crippen LogP contribution in [-0.4, -0.2) is 47.8 Å². The number of H-pyrrole nitrogens is 1. The number of amides is 3. The van der Waals surface area contributed by atoms with Crippen molar-refractivity contribution in [1.82, 2.24) is 20.6 Å². The lowest BCUT2D eigenvalue weighted by atomic mass is 10.2. The molecule has 0 atom stereocenters. The molecule has 0 saturated carbocycles. The van der Waals surface area contributed by atoms with Crippen molar-refractivity contribution in [3.05, 3.63) is 76.0 Å². The van der Waals surface area contributed by atoms with Crippen molar-refractivity contribution in [3.63, 3.8) is 0 Å². The average Bonchev–Trinajstić information content (AvgIpc) is 3.25. The third-order valence-electron chi connectivity index (χ3n) is 4.32. The number of anilines is 2. The highest BCUT2D eigenvalue weighted by Gasteiger charge is 2.20. The number of carbonyl (C=O) groups excluding carboxylic acids is 3. The second-order valence-corrected chi connectivity index (χ2v) is 7.45. The molecule has 3 aromatic rings. The summed E-state index contributed by atoms with van der Waals surface area (Å²) in [7, 11) is 1.76. The molecule has 0 bridgehead atoms. The van der Waals surface area contributed by atoms with Gasteiger partial charge in [0.05, 0.1) is 11.9 Å². The molecule has 0 spiro atoms. The van der Waals surface area contributed by atoms with E-state index < -0.39 is 23.5 Å². The van der Waals surface area contributed by atoms with Crippen molar-refractivity contribution in [3.8, 4) is 0 Å². The van der Waals surface area contributed by atoms with Gasteiger partial charge < -0.3 is 26.3 Å². The van der Waals surface area contributed by atoms with Gasteiger partial charge >= 0.3 is 0 Å². The third kappa shape index (κ3) is 5.77. The quantitative estimate of drug-likeness (QED) is 0.302. The van der Waals surface area contributed by atoms with Crippen LogP contribution in [0.2, 0.25) is 0 Å². The molecule has 9 nitrogen and oxygen atoms in total. The zero-order valence-electron chi connectivity index (χ0n) is 17.0. The molecule has 0 unspecified atom stereocenters. The second-order valence-electron chi connectivity index (χ2n) is 6.60. The van der Waals surface area contributed by atoms with Crippen LogP contribution in [-0.2, 0) is 0 Å². The van der Waals surface area contributed by atoms with Crippen molar-refractivity contribution in [2.24, 2.45) is 0 Å². The molecule has 32 heavy (non-hydrogen) atoms. The molecule has 5 N–H and O–H groups in total. The number of nitrogens with zero attached hydrogens (tertiary/aromatic N) is 1. The van der Waals surface area contributed by atoms with Crippen molar-refractivity contribution >= 4 is 45.0 Å². The van der Waals surface area contributed by atoms with Gasteiger partial charge in [0.2, 0.25) is 0 Å². The van der Waals surface area contributed by atoms with Crippen LogP contribution >= 0.6 is 15.9 Å². The highest BCUT2D eigenvalue weighted by molar-refractivity contribution is 9.10. The second kappa shape index (κ2) is 10.6. The number of likely N-dealkylation sites (N-methyl/N-ethyl adjacent to an activating group) is 1. The Labute approximate surface area is 191 Å². The first-order chi connectivity index (χ1) is 15.4. The monoisotopic (exact) mass is 502 g/mol. The van der Waals surface area contributed by atoms with E-state index in [1.807, 2.05) is 0 Å². The predicted molar refractivity (Wildman–Crippen MR) is 121 cm³/mol. The fourth-order valence-electron chi connectivity index (χ4n) is 2.73. The Balaban J connectivity index is 1.62. The SMILES string of the molecule is CNCCNC(=O)c1[nH]cnc1C(=O)Nc1ccc(NC(=O)c2ccc(F)cc2Br)cc1. The smallest absolute Gasteiger partial charge is 0.276 e. The first-order valence-electron chi connectivity index (χ1n) is 9.53. The Bertz CT molecular complexity index is 1130. The average molecular weight is 503 g/mol. The van der Waals surface area contributed by atoms with Gasteiger partial charge in [0, 0.05) is 28.9 Å². The summed E-state index contributed by atoms with van der Waals surface area (Å²) in [4.78, 5) is 43.7. The van der Waals surface area contributed by atoms with E-state index >= 15 is 0 Å². The molecule has 0 fully saturated rings. The molecular weight excluding hydrogens is 483 g/mol. The Morgan fingerprint density at radius 3 is 2.25 bits per heavy atom. The first-order valence-corrected chi connectivity index (χ1v) is 10.3. The van der Waals surface area contributed by atoms with Gasteiger partial charge in [-0.05, 0) is 65.4 Å². The van der Waals surface area contributed by atoms with Crippen LogP contribution in [0.3, 0.4) is 0 Å². The van der Waals surface area contributed by atoms with Crippen molar-refractivity contribution < 1.29 is 18.8 Å². The number of hydrogen-bond donors (Lipinski definition) is 5. The Morgan fingerprint density at radius 1 is 0.969 bits per heavy atom. The fraction of sp³-hybridized carbons (Fsp3) is 0.143. The summed E-state index contributed by atoms with van der Waals surface area (Å²) < 4.78 is 13.5. The lowest BCUT2D eigenvalue weighted by Gasteiger charge is -2.09. The van der Waals surface area contributed by atoms with Crippen LogP contribution in [0.15, 0.2) is 53.3 Å². The topological polar surface area (TPSA) is 128 Å². The maximum Gasteiger partial charge on any atom is 0.276 e. The van der Waals surface area contributed by atoms with E-state index in [2.05, 4.69) is 47.2 Å². The first kappa shape index (κ1) is 23.1. The predicted octanol–water partition coefficient (Wildman–Crippen LogP) is 2.77. The number of hydrogen-bond acceptors (Lipinski definition) is 5. The number of aromatic amines is 1. The minimum Gasteiger partial charge on any atom is -0.349 e. The van der Waals surface area contributed by atoms with Gasteiger partial charge in [0.15, 0.2) is 5.69 Å². The normalized spacial score (nSPS) is 10.5. The zero-order chi connectivity index (χ0) is 23.1. The molecular formula is C21H20BrFN6O3. The van der Waals surface area contributed by atoms with Gasteiger partial charge in [0.25, 0.3) is 17.7 Å². The van der Waals surface area contributed by atoms with E-state index in [4.69, 9.17) is 0 Å². The highest BCUT2D eigenvalue weighted by atomic mass is 79.9. The van der Waals surface area contributed by atoms with Crippen LogP contribution in [0.5, 0.6) is 0 Å². The Kier molecular flexibility index (Phi) is 7.68. The van der Waals surface area contributed by atoms with E-state index in [0.717, 1.165) is 0 Å². The van der Waals surface area contributed by atoms with Crippen LogP contribution < -0.4 is 21.3 Å². The molecule has 0 radical (unpaired) electrons. The minimum absolute atomic E-state index is 0.0366. The largest absolute Gasteiger partial charge is 0.349 e. The van der Waals surface area contributed by atoms with Gasteiger partial charge in [-0.3, -0.25) is 14.4 Å². The molecule has 0 aliphatic heterocycles. The van der Waals surface area contributed by atoms with Crippen LogP contribution in [0.25, 0.3) is 0 Å². The Morgan fingerprint density at radius 2 is 1.62 bits per heavy atom. The van der Waals surface area contributed by atoms with Gasteiger partial charge in [-0.1, -0.05) is 0 Å². The van der Waals surface area contributed by atoms with Gasteiger partial charge in [0.1, 0.15) is 11.5 Å². The minimum atomic E-state index is -0.558. The summed E-state index contributed by atoms with van der Waals surface area (Å²) in [5.74, 6) is -1.87. The standard InChI is InChI=1S/C21H20BrFN6O3/c1-24-8-9-25-20(31)17-18(27-11-26-17)21(32)29-14-5-3-13(4-6-14)28-19(30)15-7-2-12(23)10-16(15)22/h2-7,10-11,24H,8-9H2,1H3,(H,25,31)(H,26,27)(H,28,30)(H,29,32). The third-order valence-corrected chi connectivity index (χ3v) is 4.97. The van der Waals surface area contributed by atoms with Crippen molar-refractivity contribution in [2.75, 3.05) is 30.8 Å². The number of benzene rings is 2. The van der Waals surface area contributed by atoms with E-state index in [1.165, 1.54) is 24.5 Å². The molecule has 166 valence electrons. The summed E-state index contributed by atoms with van der Waals surface area (Å²) in [6.45, 7) is 0.986. The number of imidazole rings is 1. The fourth-order valence-corrected chi connectivity index (χ4v) is 3.26. The van der Waals surface area contributed by atoms with Gasteiger partial charge in [-0.2, -0.15) is 0 Å².